The summed E-state index contributed by atoms with van der Waals surface area (Å²) >= 11 is 0. The average molecular weight is 248 g/mol. The molecule has 2 aliphatic heterocycles. The molecule has 92 valence electrons. The third kappa shape index (κ3) is 3.55. The van der Waals surface area contributed by atoms with E-state index in [2.05, 4.69) is 0 Å². The summed E-state index contributed by atoms with van der Waals surface area (Å²) in [5.74, 6) is 0.0551. The summed E-state index contributed by atoms with van der Waals surface area (Å²) < 4.78 is 38.2. The zero-order valence-corrected chi connectivity index (χ0v) is 9.82. The first kappa shape index (κ1) is 12.0. The Morgan fingerprint density at radius 3 is 2.75 bits per heavy atom. The van der Waals surface area contributed by atoms with Gasteiger partial charge in [0.15, 0.2) is 9.84 Å². The normalized spacial score (nSPS) is 32.2. The van der Waals surface area contributed by atoms with E-state index >= 15 is 0 Å². The first-order chi connectivity index (χ1) is 7.66. The smallest absolute Gasteiger partial charge is 0.174 e. The first-order valence-corrected chi connectivity index (χ1v) is 7.09. The minimum Gasteiger partial charge on any atom is -0.379 e. The van der Waals surface area contributed by atoms with Crippen LogP contribution in [0.15, 0.2) is 11.5 Å². The van der Waals surface area contributed by atoms with Gasteiger partial charge in [-0.1, -0.05) is 0 Å². The standard InChI is InChI=1S/C10H16O5S/c11-16(12)6-2-10(8-16)15-5-4-14-9-1-3-13-7-9/h2,6,9-10H,1,3-5,7-8H2. The maximum absolute atomic E-state index is 11.1. The highest BCUT2D eigenvalue weighted by molar-refractivity contribution is 7.94. The molecule has 2 unspecified atom stereocenters. The van der Waals surface area contributed by atoms with Crippen LogP contribution in [0, 0.1) is 0 Å². The summed E-state index contributed by atoms with van der Waals surface area (Å²) in [6.45, 7) is 2.31. The predicted octanol–water partition coefficient (Wildman–Crippen LogP) is 0.119. The van der Waals surface area contributed by atoms with Gasteiger partial charge in [-0.05, 0) is 12.5 Å². The Hall–Kier alpha value is -0.430. The number of hydrogen-bond donors (Lipinski definition) is 0. The minimum absolute atomic E-state index is 0.0551. The van der Waals surface area contributed by atoms with Gasteiger partial charge in [0.1, 0.15) is 0 Å². The summed E-state index contributed by atoms with van der Waals surface area (Å²) in [7, 11) is -3.01. The van der Waals surface area contributed by atoms with Crippen LogP contribution in [0.1, 0.15) is 6.42 Å². The molecule has 0 radical (unpaired) electrons. The van der Waals surface area contributed by atoms with Gasteiger partial charge < -0.3 is 14.2 Å². The van der Waals surface area contributed by atoms with E-state index in [0.717, 1.165) is 13.0 Å². The molecule has 0 spiro atoms. The van der Waals surface area contributed by atoms with Crippen LogP contribution < -0.4 is 0 Å². The van der Waals surface area contributed by atoms with Gasteiger partial charge in [0.05, 0.1) is 37.8 Å². The van der Waals surface area contributed by atoms with Crippen molar-refractivity contribution < 1.29 is 22.6 Å². The van der Waals surface area contributed by atoms with Crippen molar-refractivity contribution in [2.45, 2.75) is 18.6 Å². The summed E-state index contributed by atoms with van der Waals surface area (Å²) in [5, 5.41) is 1.21. The van der Waals surface area contributed by atoms with Crippen LogP contribution in [0.2, 0.25) is 0 Å². The third-order valence-corrected chi connectivity index (χ3v) is 3.92. The SMILES string of the molecule is O=S1(=O)C=CC(OCCOC2CCOC2)C1. The second-order valence-corrected chi connectivity index (χ2v) is 5.85. The zero-order valence-electron chi connectivity index (χ0n) is 9.00. The van der Waals surface area contributed by atoms with Crippen molar-refractivity contribution in [3.8, 4) is 0 Å². The summed E-state index contributed by atoms with van der Waals surface area (Å²) in [6.07, 6.45) is 2.37. The predicted molar refractivity (Wildman–Crippen MR) is 57.8 cm³/mol. The van der Waals surface area contributed by atoms with E-state index in [1.807, 2.05) is 0 Å². The molecular formula is C10H16O5S. The highest BCUT2D eigenvalue weighted by Gasteiger charge is 2.22. The molecule has 0 N–H and O–H groups in total. The van der Waals surface area contributed by atoms with Crippen LogP contribution in [0.25, 0.3) is 0 Å². The lowest BCUT2D eigenvalue weighted by atomic mass is 10.3. The molecule has 0 aliphatic carbocycles. The largest absolute Gasteiger partial charge is 0.379 e. The molecule has 1 fully saturated rings. The molecule has 16 heavy (non-hydrogen) atoms. The van der Waals surface area contributed by atoms with Crippen molar-refractivity contribution in [1.82, 2.24) is 0 Å². The number of ether oxygens (including phenoxy) is 3. The van der Waals surface area contributed by atoms with Crippen LogP contribution in [0.4, 0.5) is 0 Å². The highest BCUT2D eigenvalue weighted by Crippen LogP contribution is 2.12. The third-order valence-electron chi connectivity index (χ3n) is 2.55. The van der Waals surface area contributed by atoms with Crippen molar-refractivity contribution in [2.24, 2.45) is 0 Å². The van der Waals surface area contributed by atoms with Crippen molar-refractivity contribution in [2.75, 3.05) is 32.2 Å². The van der Waals surface area contributed by atoms with E-state index in [1.165, 1.54) is 5.41 Å². The number of hydrogen-bond acceptors (Lipinski definition) is 5. The Bertz CT molecular complexity index is 342. The molecule has 1 saturated heterocycles. The fourth-order valence-electron chi connectivity index (χ4n) is 1.71. The number of sulfone groups is 1. The van der Waals surface area contributed by atoms with Gasteiger partial charge in [0.25, 0.3) is 0 Å². The molecular weight excluding hydrogens is 232 g/mol. The van der Waals surface area contributed by atoms with Gasteiger partial charge in [0.2, 0.25) is 0 Å². The monoisotopic (exact) mass is 248 g/mol. The molecule has 2 heterocycles. The lowest BCUT2D eigenvalue weighted by Crippen LogP contribution is -2.20. The molecule has 0 aromatic carbocycles. The van der Waals surface area contributed by atoms with Crippen LogP contribution in [0.5, 0.6) is 0 Å². The molecule has 0 aromatic rings. The van der Waals surface area contributed by atoms with Crippen LogP contribution >= 0.6 is 0 Å². The maximum Gasteiger partial charge on any atom is 0.174 e. The second-order valence-electron chi connectivity index (χ2n) is 3.92. The van der Waals surface area contributed by atoms with Crippen molar-refractivity contribution in [1.29, 1.82) is 0 Å². The molecule has 2 aliphatic rings. The van der Waals surface area contributed by atoms with Crippen LogP contribution in [-0.4, -0.2) is 52.8 Å². The molecule has 2 rings (SSSR count). The van der Waals surface area contributed by atoms with E-state index in [9.17, 15) is 8.42 Å². The van der Waals surface area contributed by atoms with Crippen molar-refractivity contribution in [3.63, 3.8) is 0 Å². The van der Waals surface area contributed by atoms with Gasteiger partial charge in [-0.2, -0.15) is 0 Å². The molecule has 0 aromatic heterocycles. The summed E-state index contributed by atoms with van der Waals surface area (Å²) in [6, 6.07) is 0. The zero-order chi connectivity index (χ0) is 11.4. The first-order valence-electron chi connectivity index (χ1n) is 5.38. The fraction of sp³-hybridized carbons (Fsp3) is 0.800. The Morgan fingerprint density at radius 1 is 1.31 bits per heavy atom. The minimum atomic E-state index is -3.01. The Labute approximate surface area is 95.3 Å². The van der Waals surface area contributed by atoms with Gasteiger partial charge in [-0.15, -0.1) is 0 Å². The molecule has 0 amide bonds. The van der Waals surface area contributed by atoms with Crippen molar-refractivity contribution in [3.05, 3.63) is 11.5 Å². The lowest BCUT2D eigenvalue weighted by molar-refractivity contribution is -0.00781. The Kier molecular flexibility index (Phi) is 3.96. The van der Waals surface area contributed by atoms with E-state index in [1.54, 1.807) is 6.08 Å². The van der Waals surface area contributed by atoms with E-state index in [4.69, 9.17) is 14.2 Å². The topological polar surface area (TPSA) is 61.8 Å². The van der Waals surface area contributed by atoms with Crippen LogP contribution in [-0.2, 0) is 24.0 Å². The van der Waals surface area contributed by atoms with E-state index in [0.29, 0.717) is 19.8 Å². The molecule has 0 bridgehead atoms. The quantitative estimate of drug-likeness (QED) is 0.647. The van der Waals surface area contributed by atoms with E-state index < -0.39 is 9.84 Å². The average Bonchev–Trinajstić information content (AvgIpc) is 2.82. The second kappa shape index (κ2) is 5.27. The summed E-state index contributed by atoms with van der Waals surface area (Å²) in [5.41, 5.74) is 0. The Balaban J connectivity index is 1.57. The van der Waals surface area contributed by atoms with Gasteiger partial charge >= 0.3 is 0 Å². The highest BCUT2D eigenvalue weighted by atomic mass is 32.2. The van der Waals surface area contributed by atoms with Crippen LogP contribution in [0.3, 0.4) is 0 Å². The Morgan fingerprint density at radius 2 is 2.12 bits per heavy atom. The van der Waals surface area contributed by atoms with E-state index in [-0.39, 0.29) is 18.0 Å². The molecule has 0 saturated carbocycles. The molecule has 2 atom stereocenters. The maximum atomic E-state index is 11.1. The summed E-state index contributed by atoms with van der Waals surface area (Å²) in [4.78, 5) is 0. The van der Waals surface area contributed by atoms with Crippen molar-refractivity contribution >= 4 is 9.84 Å². The lowest BCUT2D eigenvalue weighted by Gasteiger charge is -2.12. The van der Waals surface area contributed by atoms with Gasteiger partial charge in [-0.25, -0.2) is 8.42 Å². The fourth-order valence-corrected chi connectivity index (χ4v) is 2.90. The number of rotatable bonds is 5. The molecule has 6 heteroatoms. The molecule has 5 nitrogen and oxygen atoms in total. The van der Waals surface area contributed by atoms with Gasteiger partial charge in [-0.3, -0.25) is 0 Å². The van der Waals surface area contributed by atoms with Gasteiger partial charge in [0, 0.05) is 12.0 Å².